The fourth-order valence-corrected chi connectivity index (χ4v) is 2.37. The monoisotopic (exact) mass is 277 g/mol. The van der Waals surface area contributed by atoms with Crippen molar-refractivity contribution in [2.75, 3.05) is 6.54 Å². The van der Waals surface area contributed by atoms with Crippen LogP contribution in [0.5, 0.6) is 0 Å². The first-order chi connectivity index (χ1) is 9.11. The number of hydrogen-bond donors (Lipinski definition) is 1. The third kappa shape index (κ3) is 3.37. The first-order valence-electron chi connectivity index (χ1n) is 6.58. The van der Waals surface area contributed by atoms with Crippen LogP contribution in [-0.2, 0) is 13.1 Å². The molecule has 0 saturated carbocycles. The molecule has 1 aromatic carbocycles. The predicted octanol–water partition coefficient (Wildman–Crippen LogP) is 3.31. The van der Waals surface area contributed by atoms with Gasteiger partial charge >= 0.3 is 0 Å². The molecule has 1 N–H and O–H groups in total. The van der Waals surface area contributed by atoms with Crippen molar-refractivity contribution in [2.45, 2.75) is 33.9 Å². The van der Waals surface area contributed by atoms with Gasteiger partial charge in [-0.15, -0.1) is 0 Å². The van der Waals surface area contributed by atoms with Crippen LogP contribution in [0.25, 0.3) is 0 Å². The van der Waals surface area contributed by atoms with Crippen LogP contribution in [0.15, 0.2) is 24.4 Å². The molecule has 2 aromatic rings. The molecule has 0 radical (unpaired) electrons. The summed E-state index contributed by atoms with van der Waals surface area (Å²) >= 11 is 6.31. The standard InChI is InChI=1S/C15H20ClN3/c1-4-17-8-14-9-18-12(3)19(14)10-13-6-5-11(2)7-15(13)16/h5-7,9,17H,4,8,10H2,1-3H3. The van der Waals surface area contributed by atoms with Crippen molar-refractivity contribution < 1.29 is 0 Å². The van der Waals surface area contributed by atoms with Crippen molar-refractivity contribution >= 4 is 11.6 Å². The van der Waals surface area contributed by atoms with Crippen LogP contribution >= 0.6 is 11.6 Å². The van der Waals surface area contributed by atoms with Crippen molar-refractivity contribution in [1.82, 2.24) is 14.9 Å². The normalized spacial score (nSPS) is 10.9. The van der Waals surface area contributed by atoms with Gasteiger partial charge in [0.1, 0.15) is 5.82 Å². The molecule has 0 atom stereocenters. The highest BCUT2D eigenvalue weighted by molar-refractivity contribution is 6.31. The second kappa shape index (κ2) is 6.22. The molecule has 19 heavy (non-hydrogen) atoms. The molecule has 3 nitrogen and oxygen atoms in total. The summed E-state index contributed by atoms with van der Waals surface area (Å²) in [5, 5.41) is 4.16. The topological polar surface area (TPSA) is 29.9 Å². The van der Waals surface area contributed by atoms with E-state index in [9.17, 15) is 0 Å². The number of hydrogen-bond acceptors (Lipinski definition) is 2. The molecule has 0 saturated heterocycles. The number of benzene rings is 1. The maximum atomic E-state index is 6.31. The van der Waals surface area contributed by atoms with Crippen LogP contribution in [0.4, 0.5) is 0 Å². The Kier molecular flexibility index (Phi) is 4.61. The van der Waals surface area contributed by atoms with Gasteiger partial charge in [0.05, 0.1) is 12.2 Å². The van der Waals surface area contributed by atoms with Gasteiger partial charge in [0, 0.05) is 17.8 Å². The van der Waals surface area contributed by atoms with Crippen molar-refractivity contribution in [3.05, 3.63) is 52.1 Å². The lowest BCUT2D eigenvalue weighted by molar-refractivity contribution is 0.646. The number of nitrogens with one attached hydrogen (secondary N) is 1. The van der Waals surface area contributed by atoms with E-state index in [-0.39, 0.29) is 0 Å². The van der Waals surface area contributed by atoms with Gasteiger partial charge in [0.25, 0.3) is 0 Å². The second-order valence-electron chi connectivity index (χ2n) is 4.76. The first-order valence-corrected chi connectivity index (χ1v) is 6.96. The highest BCUT2D eigenvalue weighted by Crippen LogP contribution is 2.20. The zero-order valence-electron chi connectivity index (χ0n) is 11.7. The zero-order chi connectivity index (χ0) is 13.8. The van der Waals surface area contributed by atoms with Gasteiger partial charge in [-0.1, -0.05) is 30.7 Å². The second-order valence-corrected chi connectivity index (χ2v) is 5.17. The molecule has 0 spiro atoms. The average Bonchev–Trinajstić information content (AvgIpc) is 2.71. The minimum Gasteiger partial charge on any atom is -0.327 e. The Morgan fingerprint density at radius 3 is 2.79 bits per heavy atom. The molecule has 0 fully saturated rings. The summed E-state index contributed by atoms with van der Waals surface area (Å²) in [5.41, 5.74) is 3.51. The van der Waals surface area contributed by atoms with Crippen LogP contribution in [0.3, 0.4) is 0 Å². The quantitative estimate of drug-likeness (QED) is 0.909. The van der Waals surface area contributed by atoms with E-state index in [2.05, 4.69) is 40.8 Å². The summed E-state index contributed by atoms with van der Waals surface area (Å²) in [5.74, 6) is 1.02. The van der Waals surface area contributed by atoms with E-state index in [1.165, 1.54) is 11.3 Å². The molecule has 0 unspecified atom stereocenters. The zero-order valence-corrected chi connectivity index (χ0v) is 12.5. The summed E-state index contributed by atoms with van der Waals surface area (Å²) in [6, 6.07) is 6.19. The molecule has 0 aliphatic carbocycles. The molecule has 4 heteroatoms. The van der Waals surface area contributed by atoms with Crippen molar-refractivity contribution in [2.24, 2.45) is 0 Å². The van der Waals surface area contributed by atoms with Crippen LogP contribution in [0.1, 0.15) is 29.6 Å². The Labute approximate surface area is 119 Å². The molecular weight excluding hydrogens is 258 g/mol. The number of halogens is 1. The van der Waals surface area contributed by atoms with E-state index >= 15 is 0 Å². The lowest BCUT2D eigenvalue weighted by atomic mass is 10.1. The van der Waals surface area contributed by atoms with Gasteiger partial charge in [-0.25, -0.2) is 4.98 Å². The van der Waals surface area contributed by atoms with Crippen LogP contribution in [-0.4, -0.2) is 16.1 Å². The van der Waals surface area contributed by atoms with E-state index in [1.54, 1.807) is 0 Å². The Hall–Kier alpha value is -1.32. The van der Waals surface area contributed by atoms with E-state index in [1.807, 2.05) is 19.2 Å². The van der Waals surface area contributed by atoms with Crippen LogP contribution in [0.2, 0.25) is 5.02 Å². The number of aromatic nitrogens is 2. The molecule has 102 valence electrons. The van der Waals surface area contributed by atoms with Gasteiger partial charge in [-0.05, 0) is 37.6 Å². The van der Waals surface area contributed by atoms with E-state index in [4.69, 9.17) is 11.6 Å². The Morgan fingerprint density at radius 1 is 1.32 bits per heavy atom. The number of rotatable bonds is 5. The van der Waals surface area contributed by atoms with Crippen molar-refractivity contribution in [1.29, 1.82) is 0 Å². The van der Waals surface area contributed by atoms with Gasteiger partial charge in [0.2, 0.25) is 0 Å². The molecule has 0 aliphatic rings. The summed E-state index contributed by atoms with van der Waals surface area (Å²) in [6.45, 7) is 8.73. The summed E-state index contributed by atoms with van der Waals surface area (Å²) < 4.78 is 2.21. The van der Waals surface area contributed by atoms with Crippen LogP contribution in [0, 0.1) is 13.8 Å². The molecule has 1 heterocycles. The minimum atomic E-state index is 0.770. The maximum Gasteiger partial charge on any atom is 0.106 e. The minimum absolute atomic E-state index is 0.770. The number of nitrogens with zero attached hydrogens (tertiary/aromatic N) is 2. The van der Waals surface area contributed by atoms with E-state index in [0.29, 0.717) is 0 Å². The molecule has 0 amide bonds. The van der Waals surface area contributed by atoms with Gasteiger partial charge in [0.15, 0.2) is 0 Å². The summed E-state index contributed by atoms with van der Waals surface area (Å²) in [4.78, 5) is 4.39. The fraction of sp³-hybridized carbons (Fsp3) is 0.400. The molecule has 2 rings (SSSR count). The van der Waals surface area contributed by atoms with Gasteiger partial charge in [-0.3, -0.25) is 0 Å². The fourth-order valence-electron chi connectivity index (χ4n) is 2.08. The third-order valence-corrected chi connectivity index (χ3v) is 3.58. The third-order valence-electron chi connectivity index (χ3n) is 3.23. The number of aryl methyl sites for hydroxylation is 2. The van der Waals surface area contributed by atoms with E-state index < -0.39 is 0 Å². The van der Waals surface area contributed by atoms with Crippen molar-refractivity contribution in [3.63, 3.8) is 0 Å². The Bertz CT molecular complexity index is 561. The van der Waals surface area contributed by atoms with Crippen LogP contribution < -0.4 is 5.32 Å². The summed E-state index contributed by atoms with van der Waals surface area (Å²) in [6.07, 6.45) is 1.93. The van der Waals surface area contributed by atoms with E-state index in [0.717, 1.165) is 36.0 Å². The van der Waals surface area contributed by atoms with Gasteiger partial charge < -0.3 is 9.88 Å². The molecule has 0 aliphatic heterocycles. The Balaban J connectivity index is 2.24. The molecular formula is C15H20ClN3. The summed E-state index contributed by atoms with van der Waals surface area (Å²) in [7, 11) is 0. The number of imidazole rings is 1. The first kappa shape index (κ1) is 14.1. The maximum absolute atomic E-state index is 6.31. The highest BCUT2D eigenvalue weighted by Gasteiger charge is 2.09. The van der Waals surface area contributed by atoms with Crippen molar-refractivity contribution in [3.8, 4) is 0 Å². The predicted molar refractivity (Wildman–Crippen MR) is 79.6 cm³/mol. The molecule has 1 aromatic heterocycles. The largest absolute Gasteiger partial charge is 0.327 e. The SMILES string of the molecule is CCNCc1cnc(C)n1Cc1ccc(C)cc1Cl. The smallest absolute Gasteiger partial charge is 0.106 e. The molecule has 0 bridgehead atoms. The lowest BCUT2D eigenvalue weighted by Crippen LogP contribution is -2.16. The average molecular weight is 278 g/mol. The van der Waals surface area contributed by atoms with Gasteiger partial charge in [-0.2, -0.15) is 0 Å². The lowest BCUT2D eigenvalue weighted by Gasteiger charge is -2.12. The highest BCUT2D eigenvalue weighted by atomic mass is 35.5. The Morgan fingerprint density at radius 2 is 2.11 bits per heavy atom.